The van der Waals surface area contributed by atoms with E-state index in [9.17, 15) is 19.1 Å². The number of aliphatic hydroxyl groups excluding tert-OH is 1. The zero-order valence-electron chi connectivity index (χ0n) is 21.6. The quantitative estimate of drug-likeness (QED) is 0.560. The second-order valence-electron chi connectivity index (χ2n) is 12.1. The van der Waals surface area contributed by atoms with Gasteiger partial charge in [-0.05, 0) is 68.9 Å². The standard InChI is InChI=1S/C29H32F3NO4S/c1-16-4-6-18(7-5-16)33-14-17-10-20-21-12-23(31)22-11-19(34)8-9-26(22,2)28(21,32)24(35)13-27(20,3)29(17,37-33)25(36)38-15-30/h4-9,11,17,20-21,23-24,35H,10,12-15H2,1-3H3/t17-,20-,21-,23-,24-,26-,27-,28-,29-/m0/s1. The number of anilines is 1. The van der Waals surface area contributed by atoms with E-state index in [4.69, 9.17) is 4.84 Å². The Bertz CT molecular complexity index is 1250. The fourth-order valence-corrected chi connectivity index (χ4v) is 9.36. The number of fused-ring (bicyclic) bond motifs is 7. The molecule has 1 N–H and O–H groups in total. The van der Waals surface area contributed by atoms with Crippen molar-refractivity contribution in [2.45, 2.75) is 63.6 Å². The average Bonchev–Trinajstić information content (AvgIpc) is 3.37. The summed E-state index contributed by atoms with van der Waals surface area (Å²) in [6.45, 7) is 5.67. The maximum absolute atomic E-state index is 17.4. The van der Waals surface area contributed by atoms with Crippen LogP contribution in [0.1, 0.15) is 38.7 Å². The Morgan fingerprint density at radius 2 is 1.92 bits per heavy atom. The summed E-state index contributed by atoms with van der Waals surface area (Å²) in [5.74, 6) is -2.21. The lowest BCUT2D eigenvalue weighted by molar-refractivity contribution is -0.225. The van der Waals surface area contributed by atoms with Crippen LogP contribution in [0.2, 0.25) is 0 Å². The van der Waals surface area contributed by atoms with E-state index >= 15 is 8.78 Å². The Morgan fingerprint density at radius 3 is 2.61 bits per heavy atom. The fourth-order valence-electron chi connectivity index (χ4n) is 8.61. The first-order valence-electron chi connectivity index (χ1n) is 13.1. The van der Waals surface area contributed by atoms with Crippen LogP contribution in [-0.2, 0) is 14.4 Å². The van der Waals surface area contributed by atoms with E-state index in [0.717, 1.165) is 17.3 Å². The number of hydrogen-bond acceptors (Lipinski definition) is 6. The second kappa shape index (κ2) is 8.45. The van der Waals surface area contributed by atoms with E-state index < -0.39 is 69.0 Å². The molecule has 1 saturated heterocycles. The molecule has 9 atom stereocenters. The first-order chi connectivity index (χ1) is 17.9. The average molecular weight is 548 g/mol. The Labute approximate surface area is 224 Å². The lowest BCUT2D eigenvalue weighted by Crippen LogP contribution is -2.70. The van der Waals surface area contributed by atoms with Gasteiger partial charge in [0.1, 0.15) is 12.2 Å². The molecular formula is C29H32F3NO4S. The number of aryl methyl sites for hydroxylation is 1. The molecule has 6 rings (SSSR count). The molecule has 0 unspecified atom stereocenters. The zero-order valence-corrected chi connectivity index (χ0v) is 22.4. The molecule has 1 heterocycles. The molecule has 0 amide bonds. The number of allylic oxidation sites excluding steroid dienone is 4. The summed E-state index contributed by atoms with van der Waals surface area (Å²) in [5.41, 5.74) is -4.43. The molecule has 4 aliphatic carbocycles. The van der Waals surface area contributed by atoms with Crippen LogP contribution in [0.4, 0.5) is 18.9 Å². The van der Waals surface area contributed by atoms with Gasteiger partial charge in [0.25, 0.3) is 0 Å². The minimum atomic E-state index is -2.24. The number of benzene rings is 1. The van der Waals surface area contributed by atoms with Gasteiger partial charge in [-0.2, -0.15) is 0 Å². The van der Waals surface area contributed by atoms with Crippen LogP contribution in [-0.4, -0.2) is 52.1 Å². The molecule has 3 saturated carbocycles. The van der Waals surface area contributed by atoms with E-state index in [1.807, 2.05) is 38.1 Å². The number of halogens is 3. The van der Waals surface area contributed by atoms with Crippen LogP contribution < -0.4 is 5.06 Å². The number of aliphatic hydroxyl groups is 1. The van der Waals surface area contributed by atoms with Gasteiger partial charge in [-0.15, -0.1) is 0 Å². The van der Waals surface area contributed by atoms with Crippen molar-refractivity contribution in [3.8, 4) is 0 Å². The Kier molecular flexibility index (Phi) is 5.81. The lowest BCUT2D eigenvalue weighted by atomic mass is 9.44. The summed E-state index contributed by atoms with van der Waals surface area (Å²) in [5, 5.41) is 12.8. The normalized spacial score (nSPS) is 45.2. The Balaban J connectivity index is 1.44. The van der Waals surface area contributed by atoms with Gasteiger partial charge >= 0.3 is 0 Å². The molecule has 38 heavy (non-hydrogen) atoms. The van der Waals surface area contributed by atoms with Crippen molar-refractivity contribution in [2.75, 3.05) is 17.6 Å². The molecule has 1 aliphatic heterocycles. The Morgan fingerprint density at radius 1 is 1.21 bits per heavy atom. The number of nitrogens with zero attached hydrogens (tertiary/aromatic N) is 1. The zero-order chi connectivity index (χ0) is 27.3. The molecule has 0 spiro atoms. The van der Waals surface area contributed by atoms with Crippen molar-refractivity contribution in [3.05, 3.63) is 53.6 Å². The predicted octanol–water partition coefficient (Wildman–Crippen LogP) is 5.22. The first-order valence-corrected chi connectivity index (χ1v) is 14.1. The van der Waals surface area contributed by atoms with Crippen molar-refractivity contribution < 1.29 is 32.7 Å². The molecule has 9 heteroatoms. The molecule has 1 aromatic carbocycles. The highest BCUT2D eigenvalue weighted by Gasteiger charge is 2.79. The summed E-state index contributed by atoms with van der Waals surface area (Å²) in [6, 6.07) is 6.71. The van der Waals surface area contributed by atoms with Crippen molar-refractivity contribution in [1.82, 2.24) is 0 Å². The van der Waals surface area contributed by atoms with E-state index in [-0.39, 0.29) is 18.4 Å². The van der Waals surface area contributed by atoms with E-state index in [1.165, 1.54) is 12.2 Å². The molecule has 0 radical (unpaired) electrons. The third kappa shape index (κ3) is 3.09. The molecule has 5 aliphatic rings. The molecule has 5 nitrogen and oxygen atoms in total. The Hall–Kier alpha value is -2.10. The SMILES string of the molecule is Cc1ccc(N2C[C@@H]3C[C@H]4[C@@H]5C[C@H](F)C6=CC(=O)C=C[C@]6(C)[C@@]5(F)[C@@H](O)C[C@]4(C)[C@]3(C(=O)SCF)O2)cc1. The summed E-state index contributed by atoms with van der Waals surface area (Å²) in [7, 11) is 0. The topological polar surface area (TPSA) is 66.8 Å². The van der Waals surface area contributed by atoms with Gasteiger partial charge in [-0.1, -0.05) is 42.5 Å². The van der Waals surface area contributed by atoms with Crippen molar-refractivity contribution in [2.24, 2.45) is 28.6 Å². The highest BCUT2D eigenvalue weighted by molar-refractivity contribution is 8.13. The number of carbonyl (C=O) groups is 2. The number of rotatable bonds is 3. The monoisotopic (exact) mass is 547 g/mol. The highest BCUT2D eigenvalue weighted by atomic mass is 32.2. The summed E-state index contributed by atoms with van der Waals surface area (Å²) < 4.78 is 46.7. The first kappa shape index (κ1) is 26.1. The maximum Gasteiger partial charge on any atom is 0.226 e. The van der Waals surface area contributed by atoms with Crippen LogP contribution in [0.3, 0.4) is 0 Å². The fraction of sp³-hybridized carbons (Fsp3) is 0.586. The van der Waals surface area contributed by atoms with Gasteiger partial charge in [0.2, 0.25) is 5.12 Å². The molecule has 1 aromatic rings. The smallest absolute Gasteiger partial charge is 0.226 e. The number of alkyl halides is 3. The minimum Gasteiger partial charge on any atom is -0.390 e. The van der Waals surface area contributed by atoms with Gasteiger partial charge in [-0.3, -0.25) is 19.5 Å². The van der Waals surface area contributed by atoms with Gasteiger partial charge < -0.3 is 5.11 Å². The van der Waals surface area contributed by atoms with Crippen LogP contribution in [0.15, 0.2) is 48.1 Å². The number of ketones is 1. The minimum absolute atomic E-state index is 0.0603. The summed E-state index contributed by atoms with van der Waals surface area (Å²) in [6.07, 6.45) is 0.769. The van der Waals surface area contributed by atoms with E-state index in [1.54, 1.807) is 12.0 Å². The van der Waals surface area contributed by atoms with E-state index in [2.05, 4.69) is 0 Å². The van der Waals surface area contributed by atoms with Crippen LogP contribution >= 0.6 is 11.8 Å². The van der Waals surface area contributed by atoms with Crippen molar-refractivity contribution in [3.63, 3.8) is 0 Å². The van der Waals surface area contributed by atoms with Crippen LogP contribution in [0.5, 0.6) is 0 Å². The highest BCUT2D eigenvalue weighted by Crippen LogP contribution is 2.73. The van der Waals surface area contributed by atoms with Crippen LogP contribution in [0, 0.1) is 35.5 Å². The summed E-state index contributed by atoms with van der Waals surface area (Å²) >= 11 is 0.533. The number of hydroxylamine groups is 1. The number of thioether (sulfide) groups is 1. The number of hydrogen-bond donors (Lipinski definition) is 1. The predicted molar refractivity (Wildman–Crippen MR) is 138 cm³/mol. The van der Waals surface area contributed by atoms with Gasteiger partial charge in [0, 0.05) is 22.7 Å². The van der Waals surface area contributed by atoms with E-state index in [0.29, 0.717) is 24.7 Å². The molecular weight excluding hydrogens is 515 g/mol. The van der Waals surface area contributed by atoms with Gasteiger partial charge in [-0.25, -0.2) is 13.2 Å². The van der Waals surface area contributed by atoms with Gasteiger partial charge in [0.05, 0.1) is 18.3 Å². The van der Waals surface area contributed by atoms with Gasteiger partial charge in [0.15, 0.2) is 17.1 Å². The van der Waals surface area contributed by atoms with Crippen molar-refractivity contribution >= 4 is 28.3 Å². The molecule has 4 fully saturated rings. The molecule has 0 bridgehead atoms. The van der Waals surface area contributed by atoms with Crippen LogP contribution in [0.25, 0.3) is 0 Å². The number of carbonyl (C=O) groups excluding carboxylic acids is 2. The summed E-state index contributed by atoms with van der Waals surface area (Å²) in [4.78, 5) is 32.3. The largest absolute Gasteiger partial charge is 0.390 e. The molecule has 0 aromatic heterocycles. The second-order valence-corrected chi connectivity index (χ2v) is 12.9. The lowest BCUT2D eigenvalue weighted by Gasteiger charge is -2.63. The third-order valence-electron chi connectivity index (χ3n) is 10.4. The maximum atomic E-state index is 17.4. The third-order valence-corrected chi connectivity index (χ3v) is 11.1. The molecule has 204 valence electrons. The van der Waals surface area contributed by atoms with Crippen molar-refractivity contribution in [1.29, 1.82) is 0 Å².